The maximum atomic E-state index is 13.5. The van der Waals surface area contributed by atoms with Gasteiger partial charge in [0.05, 0.1) is 6.26 Å². The molecule has 5 nitrogen and oxygen atoms in total. The van der Waals surface area contributed by atoms with Gasteiger partial charge in [0.2, 0.25) is 10.0 Å². The van der Waals surface area contributed by atoms with Gasteiger partial charge < -0.3 is 0 Å². The first kappa shape index (κ1) is 27.6. The van der Waals surface area contributed by atoms with Crippen molar-refractivity contribution in [2.45, 2.75) is 38.0 Å². The van der Waals surface area contributed by atoms with E-state index in [1.165, 1.54) is 24.3 Å². The minimum atomic E-state index is -5.14. The first-order valence-electron chi connectivity index (χ1n) is 8.95. The van der Waals surface area contributed by atoms with Gasteiger partial charge in [-0.05, 0) is 25.0 Å². The summed E-state index contributed by atoms with van der Waals surface area (Å²) in [6, 6.07) is 9.46. The number of carbonyl (C=O) groups is 1. The van der Waals surface area contributed by atoms with Crippen LogP contribution in [0.1, 0.15) is 34.1 Å². The van der Waals surface area contributed by atoms with Crippen LogP contribution < -0.4 is 10.7 Å². The van der Waals surface area contributed by atoms with Crippen molar-refractivity contribution >= 4 is 15.8 Å². The number of rotatable bonds is 5. The van der Waals surface area contributed by atoms with Gasteiger partial charge in [-0.3, -0.25) is 10.6 Å². The molecule has 2 aromatic rings. The van der Waals surface area contributed by atoms with E-state index in [-0.39, 0.29) is 0 Å². The van der Waals surface area contributed by atoms with Gasteiger partial charge in [0.25, 0.3) is 0 Å². The third-order valence-electron chi connectivity index (χ3n) is 4.26. The molecule has 0 aliphatic carbocycles. The van der Waals surface area contributed by atoms with Crippen molar-refractivity contribution in [2.75, 3.05) is 6.26 Å². The Morgan fingerprint density at radius 2 is 1.03 bits per heavy atom. The van der Waals surface area contributed by atoms with Crippen LogP contribution in [-0.4, -0.2) is 32.8 Å². The molecule has 2 aromatic carbocycles. The van der Waals surface area contributed by atoms with Crippen LogP contribution in [0.25, 0.3) is 0 Å². The fourth-order valence-electron chi connectivity index (χ4n) is 2.71. The number of aryl methyl sites for hydroxylation is 2. The highest BCUT2D eigenvalue weighted by Gasteiger charge is 2.55. The Morgan fingerprint density at radius 1 is 0.781 bits per heavy atom. The Morgan fingerprint density at radius 3 is 1.22 bits per heavy atom. The lowest BCUT2D eigenvalue weighted by Gasteiger charge is -2.26. The second-order valence-electron chi connectivity index (χ2n) is 7.06. The average molecular weight is 484 g/mol. The van der Waals surface area contributed by atoms with Gasteiger partial charge in [0, 0.05) is 0 Å². The van der Waals surface area contributed by atoms with Crippen molar-refractivity contribution < 1.29 is 39.6 Å². The first-order valence-corrected chi connectivity index (χ1v) is 10.8. The number of carbonyl (C=O) groups excluding carboxylic acids is 1. The molecule has 0 aliphatic heterocycles. The molecule has 32 heavy (non-hydrogen) atoms. The van der Waals surface area contributed by atoms with Gasteiger partial charge in [0.1, 0.15) is 11.8 Å². The van der Waals surface area contributed by atoms with Crippen molar-refractivity contribution in [1.29, 1.82) is 0 Å². The van der Waals surface area contributed by atoms with Crippen molar-refractivity contribution in [3.8, 4) is 0 Å². The highest BCUT2D eigenvalue weighted by Crippen LogP contribution is 2.44. The van der Waals surface area contributed by atoms with E-state index in [0.717, 1.165) is 30.5 Å². The summed E-state index contributed by atoms with van der Waals surface area (Å²) >= 11 is 0. The molecule has 0 heterocycles. The number of hydrogen-bond donors (Lipinski definition) is 2. The molecule has 12 heteroatoms. The summed E-state index contributed by atoms with van der Waals surface area (Å²) in [4.78, 5) is 14.0. The molecule has 0 spiro atoms. The van der Waals surface area contributed by atoms with E-state index in [0.29, 0.717) is 11.1 Å². The molecular formula is C20H22F6N2O3S. The minimum Gasteiger partial charge on any atom is -0.298 e. The van der Waals surface area contributed by atoms with Crippen molar-refractivity contribution in [2.24, 2.45) is 5.84 Å². The van der Waals surface area contributed by atoms with Crippen LogP contribution >= 0.6 is 0 Å². The Hall–Kier alpha value is -2.44. The Kier molecular flexibility index (Phi) is 9.01. The molecule has 0 fully saturated rings. The molecule has 0 radical (unpaired) electrons. The summed E-state index contributed by atoms with van der Waals surface area (Å²) in [5.74, 6) is -3.17. The molecule has 178 valence electrons. The summed E-state index contributed by atoms with van der Waals surface area (Å²) in [5.41, 5.74) is 0.255. The average Bonchev–Trinajstić information content (AvgIpc) is 2.63. The van der Waals surface area contributed by atoms with Crippen LogP contribution in [0.5, 0.6) is 0 Å². The number of benzene rings is 2. The SMILES string of the molecule is CS(=O)(=O)NN.Cc1ccc(C(C(=O)C(c2ccc(C)cc2)C(F)(F)F)C(F)(F)F)cc1. The zero-order valence-corrected chi connectivity index (χ0v) is 18.1. The summed E-state index contributed by atoms with van der Waals surface area (Å²) in [6.45, 7) is 3.25. The van der Waals surface area contributed by atoms with Crippen LogP contribution in [0.3, 0.4) is 0 Å². The zero-order chi connectivity index (χ0) is 24.9. The number of nitrogens with one attached hydrogen (secondary N) is 1. The third kappa shape index (κ3) is 8.24. The number of alkyl halides is 6. The summed E-state index contributed by atoms with van der Waals surface area (Å²) < 4.78 is 101. The van der Waals surface area contributed by atoms with Crippen molar-refractivity contribution in [3.05, 3.63) is 70.8 Å². The van der Waals surface area contributed by atoms with E-state index < -0.39 is 51.1 Å². The number of halogens is 6. The van der Waals surface area contributed by atoms with Gasteiger partial charge in [-0.2, -0.15) is 31.2 Å². The van der Waals surface area contributed by atoms with Gasteiger partial charge in [-0.15, -0.1) is 0 Å². The quantitative estimate of drug-likeness (QED) is 0.377. The lowest BCUT2D eigenvalue weighted by atomic mass is 9.82. The van der Waals surface area contributed by atoms with Crippen molar-refractivity contribution in [1.82, 2.24) is 4.83 Å². The fraction of sp³-hybridized carbons (Fsp3) is 0.350. The normalized spacial score (nSPS) is 14.2. The predicted octanol–water partition coefficient (Wildman–Crippen LogP) is 4.27. The molecule has 0 bridgehead atoms. The largest absolute Gasteiger partial charge is 0.402 e. The highest BCUT2D eigenvalue weighted by atomic mass is 32.2. The van der Waals surface area contributed by atoms with E-state index >= 15 is 0 Å². The van der Waals surface area contributed by atoms with Crippen LogP contribution in [0.15, 0.2) is 48.5 Å². The second kappa shape index (κ2) is 10.5. The van der Waals surface area contributed by atoms with E-state index in [1.807, 2.05) is 0 Å². The molecule has 0 amide bonds. The van der Waals surface area contributed by atoms with Crippen molar-refractivity contribution in [3.63, 3.8) is 0 Å². The number of hydrogen-bond acceptors (Lipinski definition) is 4. The third-order valence-corrected chi connectivity index (χ3v) is 4.69. The fourth-order valence-corrected chi connectivity index (χ4v) is 2.71. The molecule has 0 aromatic heterocycles. The number of ketones is 1. The van der Waals surface area contributed by atoms with Gasteiger partial charge in [-0.25, -0.2) is 8.42 Å². The minimum absolute atomic E-state index is 0.505. The molecule has 2 rings (SSSR count). The Labute approximate surface area is 181 Å². The lowest BCUT2D eigenvalue weighted by Crippen LogP contribution is -2.38. The maximum absolute atomic E-state index is 13.5. The van der Waals surface area contributed by atoms with Gasteiger partial charge in [-0.1, -0.05) is 59.7 Å². The standard InChI is InChI=1S/C19H16F6O.CH6N2O2S/c1-11-3-7-13(8-4-11)15(18(20,21)22)17(26)16(19(23,24)25)14-9-5-12(2)6-10-14;1-6(4,5)3-2/h3-10,15-16H,1-2H3;3H,2H2,1H3. The molecule has 0 saturated carbocycles. The van der Waals surface area contributed by atoms with Crippen LogP contribution in [0.2, 0.25) is 0 Å². The zero-order valence-electron chi connectivity index (χ0n) is 17.3. The Balaban J connectivity index is 0.000000751. The van der Waals surface area contributed by atoms with Crippen LogP contribution in [0, 0.1) is 13.8 Å². The number of Topliss-reactive ketones (excluding diaryl/α,β-unsaturated/α-hetero) is 1. The van der Waals surface area contributed by atoms with Crippen LogP contribution in [0.4, 0.5) is 26.3 Å². The molecular weight excluding hydrogens is 462 g/mol. The summed E-state index contributed by atoms with van der Waals surface area (Å²) in [7, 11) is -3.13. The van der Waals surface area contributed by atoms with E-state index in [4.69, 9.17) is 0 Å². The molecule has 2 unspecified atom stereocenters. The van der Waals surface area contributed by atoms with E-state index in [2.05, 4.69) is 5.84 Å². The molecule has 0 aliphatic rings. The monoisotopic (exact) mass is 484 g/mol. The second-order valence-corrected chi connectivity index (χ2v) is 8.84. The first-order chi connectivity index (χ1) is 14.5. The maximum Gasteiger partial charge on any atom is 0.402 e. The molecule has 3 N–H and O–H groups in total. The van der Waals surface area contributed by atoms with Crippen LogP contribution in [-0.2, 0) is 14.8 Å². The molecule has 0 saturated heterocycles. The summed E-state index contributed by atoms with van der Waals surface area (Å²) in [5, 5.41) is 0. The van der Waals surface area contributed by atoms with Gasteiger partial charge >= 0.3 is 12.4 Å². The number of nitrogens with two attached hydrogens (primary N) is 1. The number of sulfonamides is 1. The highest BCUT2D eigenvalue weighted by molar-refractivity contribution is 7.88. The number of hydrazine groups is 1. The predicted molar refractivity (Wildman–Crippen MR) is 107 cm³/mol. The topological polar surface area (TPSA) is 89.3 Å². The Bertz CT molecular complexity index is 936. The summed E-state index contributed by atoms with van der Waals surface area (Å²) in [6.07, 6.45) is -9.30. The lowest BCUT2D eigenvalue weighted by molar-refractivity contribution is -0.183. The smallest absolute Gasteiger partial charge is 0.298 e. The molecule has 2 atom stereocenters. The van der Waals surface area contributed by atoms with E-state index in [1.54, 1.807) is 18.7 Å². The van der Waals surface area contributed by atoms with Gasteiger partial charge in [0.15, 0.2) is 5.78 Å². The van der Waals surface area contributed by atoms with E-state index in [9.17, 15) is 39.6 Å².